The molecule has 1 atom stereocenters. The molecule has 0 radical (unpaired) electrons. The molecule has 13 heavy (non-hydrogen) atoms. The van der Waals surface area contributed by atoms with E-state index >= 15 is 0 Å². The third-order valence-electron chi connectivity index (χ3n) is 2.46. The predicted octanol–water partition coefficient (Wildman–Crippen LogP) is 2.51. The van der Waals surface area contributed by atoms with E-state index in [2.05, 4.69) is 4.98 Å². The second-order valence-electron chi connectivity index (χ2n) is 3.20. The van der Waals surface area contributed by atoms with Crippen molar-refractivity contribution in [3.63, 3.8) is 0 Å². The second-order valence-corrected chi connectivity index (χ2v) is 3.54. The Hall–Kier alpha value is -0.890. The monoisotopic (exact) mass is 197 g/mol. The Labute approximate surface area is 82.9 Å². The van der Waals surface area contributed by atoms with Gasteiger partial charge in [0.15, 0.2) is 0 Å². The maximum Gasteiger partial charge on any atom is 0.231 e. The maximum atomic E-state index is 11.2. The van der Waals surface area contributed by atoms with Gasteiger partial charge >= 0.3 is 0 Å². The first-order chi connectivity index (χ1) is 6.11. The fraction of sp³-hybridized carbons (Fsp3) is 0.400. The Kier molecular flexibility index (Phi) is 3.04. The largest absolute Gasteiger partial charge is 0.280 e. The number of halogens is 1. The molecule has 1 unspecified atom stereocenters. The van der Waals surface area contributed by atoms with Crippen LogP contribution in [0.1, 0.15) is 25.8 Å². The molecule has 0 aliphatic heterocycles. The van der Waals surface area contributed by atoms with Crippen LogP contribution < -0.4 is 0 Å². The first kappa shape index (κ1) is 10.2. The highest BCUT2D eigenvalue weighted by molar-refractivity contribution is 6.65. The molecule has 1 heterocycles. The quantitative estimate of drug-likeness (QED) is 0.697. The highest BCUT2D eigenvalue weighted by Gasteiger charge is 2.31. The lowest BCUT2D eigenvalue weighted by Crippen LogP contribution is -2.28. The number of carbonyl (C=O) groups excluding carboxylic acids is 1. The molecule has 0 saturated heterocycles. The van der Waals surface area contributed by atoms with Crippen molar-refractivity contribution in [2.45, 2.75) is 25.7 Å². The van der Waals surface area contributed by atoms with E-state index in [0.29, 0.717) is 6.42 Å². The van der Waals surface area contributed by atoms with Gasteiger partial charge in [-0.1, -0.05) is 6.92 Å². The van der Waals surface area contributed by atoms with Gasteiger partial charge in [0.05, 0.1) is 5.41 Å². The van der Waals surface area contributed by atoms with Crippen LogP contribution in [0.15, 0.2) is 24.5 Å². The molecule has 0 spiro atoms. The summed E-state index contributed by atoms with van der Waals surface area (Å²) in [6, 6.07) is 3.65. The second kappa shape index (κ2) is 3.88. The molecule has 0 saturated carbocycles. The standard InChI is InChI=1S/C10H12ClNO/c1-3-10(2,9(11)13)8-4-6-12-7-5-8/h4-7H,3H2,1-2H3. The number of aromatic nitrogens is 1. The van der Waals surface area contributed by atoms with Crippen LogP contribution in [0.5, 0.6) is 0 Å². The molecule has 1 rings (SSSR count). The summed E-state index contributed by atoms with van der Waals surface area (Å²) >= 11 is 5.56. The van der Waals surface area contributed by atoms with Crippen LogP contribution in [0.25, 0.3) is 0 Å². The number of nitrogens with zero attached hydrogens (tertiary/aromatic N) is 1. The summed E-state index contributed by atoms with van der Waals surface area (Å²) in [4.78, 5) is 15.1. The van der Waals surface area contributed by atoms with Crippen molar-refractivity contribution in [1.82, 2.24) is 4.98 Å². The number of rotatable bonds is 3. The number of hydrogen-bond donors (Lipinski definition) is 0. The predicted molar refractivity (Wildman–Crippen MR) is 52.7 cm³/mol. The van der Waals surface area contributed by atoms with Gasteiger partial charge in [0.1, 0.15) is 0 Å². The van der Waals surface area contributed by atoms with Crippen LogP contribution in [0, 0.1) is 0 Å². The summed E-state index contributed by atoms with van der Waals surface area (Å²) in [6.45, 7) is 3.79. The normalized spacial score (nSPS) is 15.0. The van der Waals surface area contributed by atoms with Gasteiger partial charge in [0.25, 0.3) is 0 Å². The molecule has 0 aliphatic carbocycles. The molecule has 0 fully saturated rings. The van der Waals surface area contributed by atoms with Crippen LogP contribution in [0.4, 0.5) is 0 Å². The minimum absolute atomic E-state index is 0.318. The smallest absolute Gasteiger partial charge is 0.231 e. The highest BCUT2D eigenvalue weighted by atomic mass is 35.5. The molecule has 1 aromatic rings. The van der Waals surface area contributed by atoms with Gasteiger partial charge in [-0.15, -0.1) is 0 Å². The molecule has 3 heteroatoms. The maximum absolute atomic E-state index is 11.2. The topological polar surface area (TPSA) is 30.0 Å². The van der Waals surface area contributed by atoms with Crippen molar-refractivity contribution >= 4 is 16.8 Å². The molecular weight excluding hydrogens is 186 g/mol. The van der Waals surface area contributed by atoms with E-state index in [1.54, 1.807) is 12.4 Å². The molecule has 70 valence electrons. The lowest BCUT2D eigenvalue weighted by molar-refractivity contribution is -0.116. The molecule has 2 nitrogen and oxygen atoms in total. The van der Waals surface area contributed by atoms with Crippen molar-refractivity contribution in [2.24, 2.45) is 0 Å². The van der Waals surface area contributed by atoms with E-state index in [0.717, 1.165) is 5.56 Å². The van der Waals surface area contributed by atoms with Gasteiger partial charge in [-0.05, 0) is 42.6 Å². The van der Waals surface area contributed by atoms with Crippen molar-refractivity contribution in [1.29, 1.82) is 0 Å². The van der Waals surface area contributed by atoms with Gasteiger partial charge in [-0.25, -0.2) is 0 Å². The van der Waals surface area contributed by atoms with E-state index in [-0.39, 0.29) is 5.24 Å². The highest BCUT2D eigenvalue weighted by Crippen LogP contribution is 2.29. The van der Waals surface area contributed by atoms with Crippen LogP contribution in [-0.2, 0) is 10.2 Å². The fourth-order valence-corrected chi connectivity index (χ4v) is 1.42. The summed E-state index contributed by atoms with van der Waals surface area (Å²) in [7, 11) is 0. The third-order valence-corrected chi connectivity index (χ3v) is 2.88. The third kappa shape index (κ3) is 1.89. The Bertz CT molecular complexity index is 299. The summed E-state index contributed by atoms with van der Waals surface area (Å²) in [5.41, 5.74) is 0.342. The lowest BCUT2D eigenvalue weighted by atomic mass is 9.82. The summed E-state index contributed by atoms with van der Waals surface area (Å²) < 4.78 is 0. The minimum Gasteiger partial charge on any atom is -0.280 e. The van der Waals surface area contributed by atoms with E-state index in [1.165, 1.54) is 0 Å². The van der Waals surface area contributed by atoms with E-state index in [9.17, 15) is 4.79 Å². The first-order valence-electron chi connectivity index (χ1n) is 4.21. The zero-order valence-electron chi connectivity index (χ0n) is 7.75. The van der Waals surface area contributed by atoms with Gasteiger partial charge in [-0.3, -0.25) is 9.78 Å². The van der Waals surface area contributed by atoms with E-state index in [1.807, 2.05) is 26.0 Å². The van der Waals surface area contributed by atoms with Crippen molar-refractivity contribution in [2.75, 3.05) is 0 Å². The van der Waals surface area contributed by atoms with Crippen molar-refractivity contribution < 1.29 is 4.79 Å². The number of carbonyl (C=O) groups is 1. The Morgan fingerprint density at radius 2 is 2.08 bits per heavy atom. The zero-order valence-corrected chi connectivity index (χ0v) is 8.51. The fourth-order valence-electron chi connectivity index (χ4n) is 1.18. The molecule has 0 N–H and O–H groups in total. The van der Waals surface area contributed by atoms with Crippen LogP contribution >= 0.6 is 11.6 Å². The summed E-state index contributed by atoms with van der Waals surface area (Å²) in [6.07, 6.45) is 4.03. The summed E-state index contributed by atoms with van der Waals surface area (Å²) in [5.74, 6) is 0. The van der Waals surface area contributed by atoms with Gasteiger partial charge in [-0.2, -0.15) is 0 Å². The van der Waals surface area contributed by atoms with E-state index < -0.39 is 5.41 Å². The zero-order chi connectivity index (χ0) is 9.90. The van der Waals surface area contributed by atoms with Crippen LogP contribution in [0.3, 0.4) is 0 Å². The average molecular weight is 198 g/mol. The number of pyridine rings is 1. The number of hydrogen-bond acceptors (Lipinski definition) is 2. The Balaban J connectivity index is 3.11. The van der Waals surface area contributed by atoms with Gasteiger partial charge in [0.2, 0.25) is 5.24 Å². The molecule has 0 aliphatic rings. The SMILES string of the molecule is CCC(C)(C(=O)Cl)c1ccncc1. The molecule has 0 aromatic carbocycles. The Morgan fingerprint density at radius 1 is 1.54 bits per heavy atom. The molecule has 1 aromatic heterocycles. The lowest BCUT2D eigenvalue weighted by Gasteiger charge is -2.23. The van der Waals surface area contributed by atoms with Gasteiger partial charge < -0.3 is 0 Å². The molecule has 0 amide bonds. The first-order valence-corrected chi connectivity index (χ1v) is 4.59. The van der Waals surface area contributed by atoms with Crippen LogP contribution in [-0.4, -0.2) is 10.2 Å². The summed E-state index contributed by atoms with van der Waals surface area (Å²) in [5, 5.41) is -0.318. The molecule has 0 bridgehead atoms. The van der Waals surface area contributed by atoms with Crippen LogP contribution in [0.2, 0.25) is 0 Å². The van der Waals surface area contributed by atoms with Crippen molar-refractivity contribution in [3.05, 3.63) is 30.1 Å². The minimum atomic E-state index is -0.579. The Morgan fingerprint density at radius 3 is 2.46 bits per heavy atom. The van der Waals surface area contributed by atoms with Gasteiger partial charge in [0, 0.05) is 12.4 Å². The van der Waals surface area contributed by atoms with E-state index in [4.69, 9.17) is 11.6 Å². The molecular formula is C10H12ClNO. The average Bonchev–Trinajstić information content (AvgIpc) is 2.17. The van der Waals surface area contributed by atoms with Crippen molar-refractivity contribution in [3.8, 4) is 0 Å².